The van der Waals surface area contributed by atoms with Crippen molar-refractivity contribution in [2.45, 2.75) is 75.6 Å². The number of hydrogen-bond donors (Lipinski definition) is 1. The summed E-state index contributed by atoms with van der Waals surface area (Å²) in [5.74, 6) is -1.07. The average molecular weight is 567 g/mol. The molecule has 0 aliphatic heterocycles. The van der Waals surface area contributed by atoms with Crippen molar-refractivity contribution >= 4 is 32.7 Å². The van der Waals surface area contributed by atoms with Crippen molar-refractivity contribution in [2.24, 2.45) is 0 Å². The Morgan fingerprint density at radius 2 is 1.65 bits per heavy atom. The highest BCUT2D eigenvalue weighted by atomic mass is 32.2. The van der Waals surface area contributed by atoms with Crippen LogP contribution in [0.2, 0.25) is 0 Å². The van der Waals surface area contributed by atoms with Crippen LogP contribution < -0.4 is 4.72 Å². The van der Waals surface area contributed by atoms with Gasteiger partial charge in [0.05, 0.1) is 17.9 Å². The Balaban J connectivity index is 1.47. The summed E-state index contributed by atoms with van der Waals surface area (Å²) in [6.07, 6.45) is 1.86. The maximum Gasteiger partial charge on any atom is 0.308 e. The number of amides is 1. The molecule has 0 spiro atoms. The summed E-state index contributed by atoms with van der Waals surface area (Å²) in [7, 11) is -4.11. The topological polar surface area (TPSA) is 102 Å². The second-order valence-electron chi connectivity index (χ2n) is 11.1. The minimum Gasteiger partial charge on any atom is -0.460 e. The Labute approximate surface area is 236 Å². The van der Waals surface area contributed by atoms with Gasteiger partial charge in [-0.15, -0.1) is 0 Å². The third kappa shape index (κ3) is 8.61. The number of rotatable bonds is 13. The molecule has 214 valence electrons. The quantitative estimate of drug-likeness (QED) is 0.235. The second kappa shape index (κ2) is 12.9. The van der Waals surface area contributed by atoms with E-state index in [1.165, 1.54) is 6.07 Å². The zero-order chi connectivity index (χ0) is 28.8. The summed E-state index contributed by atoms with van der Waals surface area (Å²) in [6, 6.07) is 20.8. The van der Waals surface area contributed by atoms with E-state index in [0.29, 0.717) is 26.2 Å². The van der Waals surface area contributed by atoms with Crippen molar-refractivity contribution in [1.29, 1.82) is 0 Å². The highest BCUT2D eigenvalue weighted by Crippen LogP contribution is 2.28. The number of nitrogens with zero attached hydrogens (tertiary/aromatic N) is 1. The van der Waals surface area contributed by atoms with E-state index in [4.69, 9.17) is 9.47 Å². The van der Waals surface area contributed by atoms with Gasteiger partial charge in [-0.2, -0.15) is 4.72 Å². The predicted molar refractivity (Wildman–Crippen MR) is 154 cm³/mol. The summed E-state index contributed by atoms with van der Waals surface area (Å²) >= 11 is 0. The van der Waals surface area contributed by atoms with Gasteiger partial charge in [0.2, 0.25) is 15.9 Å². The summed E-state index contributed by atoms with van der Waals surface area (Å²) in [4.78, 5) is 28.3. The van der Waals surface area contributed by atoms with Crippen LogP contribution in [0.15, 0.2) is 77.7 Å². The van der Waals surface area contributed by atoms with Crippen LogP contribution in [-0.4, -0.2) is 56.0 Å². The van der Waals surface area contributed by atoms with E-state index in [2.05, 4.69) is 4.72 Å². The van der Waals surface area contributed by atoms with Crippen molar-refractivity contribution in [3.8, 4) is 0 Å². The van der Waals surface area contributed by atoms with Crippen molar-refractivity contribution in [3.05, 3.63) is 78.4 Å². The minimum atomic E-state index is -4.11. The third-order valence-corrected chi connectivity index (χ3v) is 7.96. The van der Waals surface area contributed by atoms with Crippen LogP contribution in [0.5, 0.6) is 0 Å². The van der Waals surface area contributed by atoms with Gasteiger partial charge in [-0.1, -0.05) is 60.7 Å². The van der Waals surface area contributed by atoms with Gasteiger partial charge in [0.25, 0.3) is 0 Å². The first-order valence-corrected chi connectivity index (χ1v) is 15.2. The molecule has 0 radical (unpaired) electrons. The maximum absolute atomic E-state index is 13.8. The largest absolute Gasteiger partial charge is 0.460 e. The first-order valence-electron chi connectivity index (χ1n) is 13.7. The molecule has 1 N–H and O–H groups in total. The van der Waals surface area contributed by atoms with E-state index < -0.39 is 40.0 Å². The molecule has 1 amide bonds. The molecule has 1 fully saturated rings. The smallest absolute Gasteiger partial charge is 0.308 e. The molecule has 0 bridgehead atoms. The number of nitrogens with one attached hydrogen (secondary N) is 1. The molecule has 0 aromatic heterocycles. The summed E-state index contributed by atoms with van der Waals surface area (Å²) < 4.78 is 40.6. The number of benzene rings is 3. The van der Waals surface area contributed by atoms with Gasteiger partial charge in [-0.3, -0.25) is 9.59 Å². The molecule has 1 saturated carbocycles. The number of carbonyl (C=O) groups is 2. The Morgan fingerprint density at radius 1 is 0.975 bits per heavy atom. The number of fused-ring (bicyclic) bond motifs is 1. The van der Waals surface area contributed by atoms with Crippen molar-refractivity contribution in [2.75, 3.05) is 13.2 Å². The molecule has 0 unspecified atom stereocenters. The van der Waals surface area contributed by atoms with Crippen LogP contribution >= 0.6 is 0 Å². The fraction of sp³-hybridized carbons (Fsp3) is 0.419. The molecule has 40 heavy (non-hydrogen) atoms. The highest BCUT2D eigenvalue weighted by Gasteiger charge is 2.38. The van der Waals surface area contributed by atoms with Gasteiger partial charge in [-0.05, 0) is 68.5 Å². The second-order valence-corrected chi connectivity index (χ2v) is 12.8. The van der Waals surface area contributed by atoms with Crippen LogP contribution in [0.1, 0.15) is 52.0 Å². The first-order chi connectivity index (χ1) is 19.0. The SMILES string of the molecule is CC(C)(C)OC(=O)C[C@H](NS(=O)(=O)c1ccc2ccccc2c1)C(=O)N(CCCOCc1ccccc1)C1CC1. The Bertz CT molecular complexity index is 1410. The molecule has 3 aromatic rings. The van der Waals surface area contributed by atoms with Crippen molar-refractivity contribution in [3.63, 3.8) is 0 Å². The minimum absolute atomic E-state index is 0.0212. The molecule has 4 rings (SSSR count). The lowest BCUT2D eigenvalue weighted by molar-refractivity contribution is -0.157. The molecule has 9 heteroatoms. The first kappa shape index (κ1) is 29.7. The lowest BCUT2D eigenvalue weighted by atomic mass is 10.1. The third-order valence-electron chi connectivity index (χ3n) is 6.49. The van der Waals surface area contributed by atoms with E-state index in [-0.39, 0.29) is 10.9 Å². The Morgan fingerprint density at radius 3 is 2.33 bits per heavy atom. The van der Waals surface area contributed by atoms with E-state index >= 15 is 0 Å². The van der Waals surface area contributed by atoms with Crippen LogP contribution in [0.4, 0.5) is 0 Å². The normalized spacial score (nSPS) is 14.6. The zero-order valence-electron chi connectivity index (χ0n) is 23.3. The molecule has 1 aliphatic rings. The van der Waals surface area contributed by atoms with Gasteiger partial charge < -0.3 is 14.4 Å². The summed E-state index contributed by atoms with van der Waals surface area (Å²) in [5.41, 5.74) is 0.298. The lowest BCUT2D eigenvalue weighted by Gasteiger charge is -2.28. The fourth-order valence-corrected chi connectivity index (χ4v) is 5.70. The molecule has 1 aliphatic carbocycles. The van der Waals surface area contributed by atoms with Crippen LogP contribution in [-0.2, 0) is 35.7 Å². The Hall–Kier alpha value is -3.27. The standard InChI is InChI=1S/C31H38N2O6S/c1-31(2,3)39-29(34)21-28(32-40(36,37)27-17-14-24-12-7-8-13-25(24)20-27)30(35)33(26-15-16-26)18-9-19-38-22-23-10-5-4-6-11-23/h4-8,10-14,17,20,26,28,32H,9,15-16,18-19,21-22H2,1-3H3/t28-/m0/s1. The maximum atomic E-state index is 13.8. The monoisotopic (exact) mass is 566 g/mol. The van der Waals surface area contributed by atoms with Crippen LogP contribution in [0, 0.1) is 0 Å². The number of ether oxygens (including phenoxy) is 2. The van der Waals surface area contributed by atoms with Gasteiger partial charge in [0.1, 0.15) is 11.6 Å². The molecule has 0 heterocycles. The van der Waals surface area contributed by atoms with Gasteiger partial charge in [0.15, 0.2) is 0 Å². The molecule has 0 saturated heterocycles. The molecule has 8 nitrogen and oxygen atoms in total. The molecular formula is C31H38N2O6S. The van der Waals surface area contributed by atoms with Gasteiger partial charge >= 0.3 is 5.97 Å². The van der Waals surface area contributed by atoms with E-state index in [1.807, 2.05) is 54.6 Å². The lowest BCUT2D eigenvalue weighted by Crippen LogP contribution is -2.51. The number of hydrogen-bond acceptors (Lipinski definition) is 6. The highest BCUT2D eigenvalue weighted by molar-refractivity contribution is 7.89. The molecule has 3 aromatic carbocycles. The number of esters is 1. The zero-order valence-corrected chi connectivity index (χ0v) is 24.2. The molecular weight excluding hydrogens is 528 g/mol. The molecule has 1 atom stereocenters. The summed E-state index contributed by atoms with van der Waals surface area (Å²) in [6.45, 7) is 6.52. The Kier molecular flexibility index (Phi) is 9.60. The summed E-state index contributed by atoms with van der Waals surface area (Å²) in [5, 5.41) is 1.66. The van der Waals surface area contributed by atoms with E-state index in [1.54, 1.807) is 37.8 Å². The fourth-order valence-electron chi connectivity index (χ4n) is 4.48. The van der Waals surface area contributed by atoms with Gasteiger partial charge in [0, 0.05) is 19.2 Å². The average Bonchev–Trinajstić information content (AvgIpc) is 3.74. The number of sulfonamides is 1. The van der Waals surface area contributed by atoms with Crippen molar-refractivity contribution < 1.29 is 27.5 Å². The predicted octanol–water partition coefficient (Wildman–Crippen LogP) is 4.82. The van der Waals surface area contributed by atoms with E-state index in [0.717, 1.165) is 29.2 Å². The van der Waals surface area contributed by atoms with Crippen LogP contribution in [0.3, 0.4) is 0 Å². The number of carbonyl (C=O) groups excluding carboxylic acids is 2. The van der Waals surface area contributed by atoms with E-state index in [9.17, 15) is 18.0 Å². The van der Waals surface area contributed by atoms with Crippen LogP contribution in [0.25, 0.3) is 10.8 Å². The van der Waals surface area contributed by atoms with Gasteiger partial charge in [-0.25, -0.2) is 8.42 Å². The van der Waals surface area contributed by atoms with Crippen molar-refractivity contribution in [1.82, 2.24) is 9.62 Å².